The monoisotopic (exact) mass is 965 g/mol. The van der Waals surface area contributed by atoms with Gasteiger partial charge in [-0.2, -0.15) is 0 Å². The zero-order valence-electron chi connectivity index (χ0n) is 35.4. The number of nitrogens with one attached hydrogen (secondary N) is 3. The fourth-order valence-electron chi connectivity index (χ4n) is 8.04. The number of carboxylic acids is 2. The van der Waals surface area contributed by atoms with Gasteiger partial charge in [-0.3, -0.25) is 14.4 Å². The average molecular weight is 966 g/mol. The SMILES string of the molecule is CC(=O)N[C@@H]1[C@@H](O[C@@H]2O[C@H](CO)[C@H](O)[C@H](OC3(C(=O)O)C[C@H](O)[C@@H](NC(C)=O)[C@H]([C@H](O)[C@H](O)CO)O3)[C@H]2O)[C@@H](O)[C@@H](COC2(C(=O)O)C[C@H](O)[C@@H](NC(C)=O)[C@H]([C@H](O)[C@H](O)CO)O2)O[C@@H]1O. The molecule has 0 saturated carbocycles. The average Bonchev–Trinajstić information content (AvgIpc) is 3.24. The maximum Gasteiger partial charge on any atom is 0.364 e. The quantitative estimate of drug-likeness (QED) is 0.0571. The van der Waals surface area contributed by atoms with Crippen molar-refractivity contribution in [2.45, 2.75) is 167 Å². The first kappa shape index (κ1) is 55.1. The van der Waals surface area contributed by atoms with E-state index < -0.39 is 203 Å². The summed E-state index contributed by atoms with van der Waals surface area (Å²) >= 11 is 0. The summed E-state index contributed by atoms with van der Waals surface area (Å²) in [5.74, 6) is -12.7. The van der Waals surface area contributed by atoms with Crippen LogP contribution >= 0.6 is 0 Å². The summed E-state index contributed by atoms with van der Waals surface area (Å²) in [5.41, 5.74) is 0. The Kier molecular flexibility index (Phi) is 19.0. The second-order valence-electron chi connectivity index (χ2n) is 16.2. The van der Waals surface area contributed by atoms with Crippen LogP contribution in [0.15, 0.2) is 0 Å². The molecule has 30 heteroatoms. The summed E-state index contributed by atoms with van der Waals surface area (Å²) in [6.07, 6.45) is -38.0. The van der Waals surface area contributed by atoms with E-state index in [9.17, 15) is 101 Å². The molecule has 0 radical (unpaired) electrons. The predicted molar refractivity (Wildman–Crippen MR) is 203 cm³/mol. The van der Waals surface area contributed by atoms with Gasteiger partial charge in [0.25, 0.3) is 11.6 Å². The molecule has 380 valence electrons. The van der Waals surface area contributed by atoms with E-state index >= 15 is 0 Å². The lowest BCUT2D eigenvalue weighted by Gasteiger charge is -2.51. The third kappa shape index (κ3) is 12.0. The van der Waals surface area contributed by atoms with Gasteiger partial charge in [-0.05, 0) is 0 Å². The number of aliphatic hydroxyl groups excluding tert-OH is 13. The van der Waals surface area contributed by atoms with Gasteiger partial charge in [0.2, 0.25) is 17.7 Å². The number of amides is 3. The molecule has 0 aromatic rings. The van der Waals surface area contributed by atoms with Crippen molar-refractivity contribution in [1.82, 2.24) is 16.0 Å². The van der Waals surface area contributed by atoms with Crippen LogP contribution in [0.2, 0.25) is 0 Å². The summed E-state index contributed by atoms with van der Waals surface area (Å²) in [5, 5.41) is 166. The van der Waals surface area contributed by atoms with E-state index in [0.29, 0.717) is 0 Å². The second-order valence-corrected chi connectivity index (χ2v) is 16.2. The predicted octanol–water partition coefficient (Wildman–Crippen LogP) is -10.9. The van der Waals surface area contributed by atoms with Crippen LogP contribution in [0.1, 0.15) is 33.6 Å². The molecule has 4 heterocycles. The zero-order chi connectivity index (χ0) is 49.7. The van der Waals surface area contributed by atoms with Gasteiger partial charge in [-0.1, -0.05) is 0 Å². The van der Waals surface area contributed by atoms with Gasteiger partial charge < -0.3 is 126 Å². The van der Waals surface area contributed by atoms with Crippen molar-refractivity contribution in [3.05, 3.63) is 0 Å². The standard InChI is InChI=1S/C36H59N3O27/c1-10(43)37-19-13(46)4-35(33(56)57,64-28(19)22(50)15(48)6-40)60-9-18-25(53)27(21(31(55)61-18)39-12(3)45)63-32-26(54)30(24(52)17(8-42)62-32)66-36(34(58)59)5-14(47)20(38-11(2)44)29(65-36)23(51)16(49)7-41/h13-32,40-42,46-55H,4-9H2,1-3H3,(H,37,43)(H,38,44)(H,39,45)(H,56,57)(H,58,59)/t13-,14-,15+,16+,17+,18+,19+,20+,21+,22+,23+,24-,25-,26+,27+,28+,29+,30-,31-,32-,35?,36?/m0/s1. The van der Waals surface area contributed by atoms with Crippen LogP contribution in [0, 0.1) is 0 Å². The number of carbonyl (C=O) groups is 5. The number of aliphatic carboxylic acids is 2. The molecule has 0 spiro atoms. The lowest BCUT2D eigenvalue weighted by Crippen LogP contribution is -2.71. The van der Waals surface area contributed by atoms with E-state index in [0.717, 1.165) is 20.8 Å². The molecule has 4 aliphatic rings. The van der Waals surface area contributed by atoms with Crippen LogP contribution < -0.4 is 16.0 Å². The van der Waals surface area contributed by atoms with Gasteiger partial charge in [0.15, 0.2) is 12.6 Å². The summed E-state index contributed by atoms with van der Waals surface area (Å²) in [6, 6.07) is -5.07. The number of carboxylic acid groups (broad SMARTS) is 2. The van der Waals surface area contributed by atoms with E-state index in [1.165, 1.54) is 0 Å². The number of aliphatic hydroxyl groups is 13. The van der Waals surface area contributed by atoms with Gasteiger partial charge >= 0.3 is 11.9 Å². The summed E-state index contributed by atoms with van der Waals surface area (Å²) < 4.78 is 39.1. The van der Waals surface area contributed by atoms with Gasteiger partial charge in [0.05, 0.1) is 50.7 Å². The molecule has 4 rings (SSSR count). The Morgan fingerprint density at radius 2 is 1.06 bits per heavy atom. The Bertz CT molecular complexity index is 1680. The Balaban J connectivity index is 1.66. The van der Waals surface area contributed by atoms with E-state index in [1.807, 2.05) is 0 Å². The largest absolute Gasteiger partial charge is 0.477 e. The van der Waals surface area contributed by atoms with Crippen molar-refractivity contribution >= 4 is 29.7 Å². The van der Waals surface area contributed by atoms with Crippen LogP contribution in [-0.2, 0) is 57.1 Å². The zero-order valence-corrected chi connectivity index (χ0v) is 35.4. The first-order chi connectivity index (χ1) is 30.8. The van der Waals surface area contributed by atoms with Crippen LogP contribution in [0.4, 0.5) is 0 Å². The minimum absolute atomic E-state index is 0.790. The highest BCUT2D eigenvalue weighted by atomic mass is 16.8. The highest BCUT2D eigenvalue weighted by Crippen LogP contribution is 2.39. The fraction of sp³-hybridized carbons (Fsp3) is 0.861. The molecule has 66 heavy (non-hydrogen) atoms. The molecule has 4 aliphatic heterocycles. The van der Waals surface area contributed by atoms with Crippen molar-refractivity contribution in [1.29, 1.82) is 0 Å². The van der Waals surface area contributed by atoms with E-state index in [2.05, 4.69) is 16.0 Å². The molecule has 4 saturated heterocycles. The molecule has 4 fully saturated rings. The van der Waals surface area contributed by atoms with Crippen molar-refractivity contribution in [2.75, 3.05) is 26.4 Å². The fourth-order valence-corrected chi connectivity index (χ4v) is 8.04. The van der Waals surface area contributed by atoms with E-state index in [-0.39, 0.29) is 0 Å². The van der Waals surface area contributed by atoms with Crippen LogP contribution in [0.3, 0.4) is 0 Å². The Morgan fingerprint density at radius 3 is 1.50 bits per heavy atom. The number of carbonyl (C=O) groups excluding carboxylic acids is 3. The molecular formula is C36H59N3O27. The summed E-state index contributed by atoms with van der Waals surface area (Å²) in [7, 11) is 0. The van der Waals surface area contributed by atoms with Crippen molar-refractivity contribution in [3.63, 3.8) is 0 Å². The van der Waals surface area contributed by atoms with Crippen molar-refractivity contribution < 1.29 is 134 Å². The molecule has 18 N–H and O–H groups in total. The lowest BCUT2D eigenvalue weighted by molar-refractivity contribution is -0.382. The van der Waals surface area contributed by atoms with Gasteiger partial charge in [0, 0.05) is 33.6 Å². The van der Waals surface area contributed by atoms with Crippen molar-refractivity contribution in [2.24, 2.45) is 0 Å². The van der Waals surface area contributed by atoms with E-state index in [1.54, 1.807) is 0 Å². The molecule has 30 nitrogen and oxygen atoms in total. The highest BCUT2D eigenvalue weighted by Gasteiger charge is 2.61. The molecule has 0 bridgehead atoms. The van der Waals surface area contributed by atoms with E-state index in [4.69, 9.17) is 33.2 Å². The minimum Gasteiger partial charge on any atom is -0.477 e. The van der Waals surface area contributed by atoms with Crippen LogP contribution in [0.5, 0.6) is 0 Å². The second kappa shape index (κ2) is 22.8. The maximum absolute atomic E-state index is 12.9. The normalized spacial score (nSPS) is 41.4. The Morgan fingerprint density at radius 1 is 0.621 bits per heavy atom. The highest BCUT2D eigenvalue weighted by molar-refractivity contribution is 5.77. The molecular weight excluding hydrogens is 906 g/mol. The molecule has 2 unspecified atom stereocenters. The number of hydrogen-bond donors (Lipinski definition) is 18. The molecule has 22 atom stereocenters. The minimum atomic E-state index is -3.19. The smallest absolute Gasteiger partial charge is 0.364 e. The summed E-state index contributed by atoms with van der Waals surface area (Å²) in [4.78, 5) is 61.8. The maximum atomic E-state index is 12.9. The number of hydrogen-bond acceptors (Lipinski definition) is 25. The Labute approximate surface area is 373 Å². The van der Waals surface area contributed by atoms with Gasteiger partial charge in [0.1, 0.15) is 85.4 Å². The molecule has 0 aliphatic carbocycles. The molecule has 0 aromatic heterocycles. The topological polar surface area (TPSA) is 490 Å². The molecule has 3 amide bonds. The van der Waals surface area contributed by atoms with Gasteiger partial charge in [-0.25, -0.2) is 9.59 Å². The molecule has 0 aromatic carbocycles. The summed E-state index contributed by atoms with van der Waals surface area (Å²) in [6.45, 7) is -1.53. The van der Waals surface area contributed by atoms with Crippen LogP contribution in [-0.4, -0.2) is 267 Å². The van der Waals surface area contributed by atoms with Crippen LogP contribution in [0.25, 0.3) is 0 Å². The van der Waals surface area contributed by atoms with Crippen molar-refractivity contribution in [3.8, 4) is 0 Å². The first-order valence-corrected chi connectivity index (χ1v) is 20.3. The third-order valence-corrected chi connectivity index (χ3v) is 11.4. The first-order valence-electron chi connectivity index (χ1n) is 20.3. The number of ether oxygens (including phenoxy) is 7. The lowest BCUT2D eigenvalue weighted by atomic mass is 9.88. The Hall–Kier alpha value is -3.45. The number of rotatable bonds is 19. The third-order valence-electron chi connectivity index (χ3n) is 11.4. The van der Waals surface area contributed by atoms with Gasteiger partial charge in [-0.15, -0.1) is 0 Å².